The van der Waals surface area contributed by atoms with Gasteiger partial charge in [0.1, 0.15) is 0 Å². The van der Waals surface area contributed by atoms with Crippen LogP contribution in [0.3, 0.4) is 0 Å². The van der Waals surface area contributed by atoms with Crippen LogP contribution in [-0.4, -0.2) is 0 Å². The first-order chi connectivity index (χ1) is 19.2. The fourth-order valence-electron chi connectivity index (χ4n) is 6.77. The molecule has 2 aromatic rings. The molecule has 2 aromatic carbocycles. The van der Waals surface area contributed by atoms with Crippen LogP contribution < -0.4 is 0 Å². The van der Waals surface area contributed by atoms with Gasteiger partial charge >= 0.3 is 0 Å². The standard InChI is InChI=1S/C40H44/c1-9-11-27(6)38-28(7)20-37-24-36(29(8)39(37)40(38)32-18-16-31(17-19-32)25(2)3)22-30-14-15-35(21-30)34-13-10-12-33(23-34)26(4)5/h10,12-20,22-23,25,39-40H,4,6,8-9,11,21,24H2,1-3,5,7H3. The summed E-state index contributed by atoms with van der Waals surface area (Å²) in [7, 11) is 0. The third kappa shape index (κ3) is 5.37. The van der Waals surface area contributed by atoms with Crippen molar-refractivity contribution in [3.63, 3.8) is 0 Å². The topological polar surface area (TPSA) is 0 Å². The monoisotopic (exact) mass is 524 g/mol. The maximum absolute atomic E-state index is 4.74. The highest BCUT2D eigenvalue weighted by molar-refractivity contribution is 5.76. The summed E-state index contributed by atoms with van der Waals surface area (Å²) in [6, 6.07) is 18.1. The van der Waals surface area contributed by atoms with Crippen LogP contribution >= 0.6 is 0 Å². The summed E-state index contributed by atoms with van der Waals surface area (Å²) in [5, 5.41) is 0. The summed E-state index contributed by atoms with van der Waals surface area (Å²) in [5.74, 6) is 1.10. The normalized spacial score (nSPS) is 21.5. The molecule has 2 atom stereocenters. The smallest absolute Gasteiger partial charge is 0.0201 e. The Hall–Kier alpha value is -3.64. The average Bonchev–Trinajstić information content (AvgIpc) is 3.52. The number of rotatable bonds is 8. The van der Waals surface area contributed by atoms with Gasteiger partial charge in [0.15, 0.2) is 0 Å². The van der Waals surface area contributed by atoms with Crippen LogP contribution in [0.1, 0.15) is 94.4 Å². The van der Waals surface area contributed by atoms with E-state index in [4.69, 9.17) is 6.58 Å². The maximum atomic E-state index is 4.74. The van der Waals surface area contributed by atoms with Gasteiger partial charge < -0.3 is 0 Å². The van der Waals surface area contributed by atoms with Gasteiger partial charge in [-0.2, -0.15) is 0 Å². The predicted octanol–water partition coefficient (Wildman–Crippen LogP) is 11.5. The number of hydrogen-bond acceptors (Lipinski definition) is 0. The third-order valence-electron chi connectivity index (χ3n) is 8.93. The maximum Gasteiger partial charge on any atom is 0.0201 e. The van der Waals surface area contributed by atoms with Gasteiger partial charge in [0, 0.05) is 11.8 Å². The van der Waals surface area contributed by atoms with E-state index in [1.807, 2.05) is 0 Å². The molecule has 1 fully saturated rings. The molecular weight excluding hydrogens is 480 g/mol. The molecule has 0 heteroatoms. The molecule has 0 saturated heterocycles. The minimum absolute atomic E-state index is 0.273. The fraction of sp³-hybridized carbons (Fsp3) is 0.300. The van der Waals surface area contributed by atoms with Crippen LogP contribution in [0.2, 0.25) is 0 Å². The molecule has 3 aliphatic rings. The molecule has 1 saturated carbocycles. The largest absolute Gasteiger partial charge is 0.0955 e. The quantitative estimate of drug-likeness (QED) is 0.322. The van der Waals surface area contributed by atoms with Crippen molar-refractivity contribution in [1.82, 2.24) is 0 Å². The molecule has 0 aromatic heterocycles. The Labute approximate surface area is 242 Å². The van der Waals surface area contributed by atoms with Crippen molar-refractivity contribution >= 4 is 11.1 Å². The molecule has 40 heavy (non-hydrogen) atoms. The first kappa shape index (κ1) is 27.9. The molecule has 0 N–H and O–H groups in total. The fourth-order valence-corrected chi connectivity index (χ4v) is 6.77. The number of fused-ring (bicyclic) bond motifs is 1. The van der Waals surface area contributed by atoms with E-state index in [-0.39, 0.29) is 5.92 Å². The van der Waals surface area contributed by atoms with E-state index < -0.39 is 0 Å². The minimum atomic E-state index is 0.273. The van der Waals surface area contributed by atoms with Gasteiger partial charge in [0.05, 0.1) is 0 Å². The summed E-state index contributed by atoms with van der Waals surface area (Å²) in [4.78, 5) is 0. The zero-order valence-electron chi connectivity index (χ0n) is 25.1. The van der Waals surface area contributed by atoms with Crippen LogP contribution in [0, 0.1) is 5.92 Å². The van der Waals surface area contributed by atoms with Crippen molar-refractivity contribution < 1.29 is 0 Å². The van der Waals surface area contributed by atoms with Gasteiger partial charge in [-0.3, -0.25) is 0 Å². The van der Waals surface area contributed by atoms with Crippen LogP contribution in [0.15, 0.2) is 132 Å². The van der Waals surface area contributed by atoms with Crippen LogP contribution in [0.5, 0.6) is 0 Å². The van der Waals surface area contributed by atoms with Gasteiger partial charge in [0.25, 0.3) is 0 Å². The highest BCUT2D eigenvalue weighted by Gasteiger charge is 2.41. The summed E-state index contributed by atoms with van der Waals surface area (Å²) >= 11 is 0. The summed E-state index contributed by atoms with van der Waals surface area (Å²) in [6.07, 6.45) is 13.5. The van der Waals surface area contributed by atoms with Crippen LogP contribution in [0.4, 0.5) is 0 Å². The van der Waals surface area contributed by atoms with Crippen molar-refractivity contribution in [2.24, 2.45) is 5.92 Å². The predicted molar refractivity (Wildman–Crippen MR) is 175 cm³/mol. The Morgan fingerprint density at radius 2 is 1.75 bits per heavy atom. The molecule has 0 nitrogen and oxygen atoms in total. The third-order valence-corrected chi connectivity index (χ3v) is 8.93. The molecule has 2 unspecified atom stereocenters. The molecule has 0 spiro atoms. The number of allylic oxidation sites excluding steroid dienone is 13. The van der Waals surface area contributed by atoms with Crippen molar-refractivity contribution in [2.75, 3.05) is 0 Å². The van der Waals surface area contributed by atoms with E-state index in [0.29, 0.717) is 11.8 Å². The average molecular weight is 525 g/mol. The Kier molecular flexibility index (Phi) is 7.99. The lowest BCUT2D eigenvalue weighted by molar-refractivity contribution is 0.619. The highest BCUT2D eigenvalue weighted by atomic mass is 14.4. The van der Waals surface area contributed by atoms with Gasteiger partial charge in [-0.15, -0.1) is 0 Å². The first-order valence-electron chi connectivity index (χ1n) is 14.9. The number of benzene rings is 2. The minimum Gasteiger partial charge on any atom is -0.0955 e. The molecule has 204 valence electrons. The second-order valence-electron chi connectivity index (χ2n) is 12.3. The van der Waals surface area contributed by atoms with E-state index in [2.05, 4.69) is 121 Å². The number of hydrogen-bond donors (Lipinski definition) is 0. The molecule has 5 rings (SSSR count). The molecule has 0 bridgehead atoms. The van der Waals surface area contributed by atoms with E-state index in [1.54, 1.807) is 0 Å². The van der Waals surface area contributed by atoms with E-state index in [0.717, 1.165) is 31.3 Å². The molecule has 0 amide bonds. The summed E-state index contributed by atoms with van der Waals surface area (Å²) in [5.41, 5.74) is 17.3. The lowest BCUT2D eigenvalue weighted by Crippen LogP contribution is -2.21. The molecule has 0 radical (unpaired) electrons. The van der Waals surface area contributed by atoms with Crippen LogP contribution in [0.25, 0.3) is 11.1 Å². The van der Waals surface area contributed by atoms with Crippen molar-refractivity contribution in [1.29, 1.82) is 0 Å². The van der Waals surface area contributed by atoms with Gasteiger partial charge in [0.2, 0.25) is 0 Å². The Morgan fingerprint density at radius 1 is 1.00 bits per heavy atom. The lowest BCUT2D eigenvalue weighted by atomic mass is 9.69. The molecule has 3 aliphatic carbocycles. The molecular formula is C40H44. The van der Waals surface area contributed by atoms with Crippen molar-refractivity contribution in [3.05, 3.63) is 154 Å². The lowest BCUT2D eigenvalue weighted by Gasteiger charge is -2.34. The van der Waals surface area contributed by atoms with Crippen molar-refractivity contribution in [3.8, 4) is 0 Å². The van der Waals surface area contributed by atoms with Gasteiger partial charge in [-0.05, 0) is 101 Å². The Balaban J connectivity index is 1.44. The molecule has 0 aliphatic heterocycles. The van der Waals surface area contributed by atoms with Crippen molar-refractivity contribution in [2.45, 2.75) is 72.1 Å². The van der Waals surface area contributed by atoms with E-state index >= 15 is 0 Å². The zero-order valence-corrected chi connectivity index (χ0v) is 25.1. The summed E-state index contributed by atoms with van der Waals surface area (Å²) < 4.78 is 0. The zero-order chi connectivity index (χ0) is 28.6. The molecule has 0 heterocycles. The van der Waals surface area contributed by atoms with Gasteiger partial charge in [-0.1, -0.05) is 130 Å². The SMILES string of the molecule is C=C(CCC)C1=C(C)C=C2CC(=CC3=CC=C(c4cccc(C(=C)C)c4)C3)C(=C)C2C1c1ccc(C(C)C)cc1. The highest BCUT2D eigenvalue weighted by Crippen LogP contribution is 2.55. The van der Waals surface area contributed by atoms with Crippen LogP contribution in [-0.2, 0) is 0 Å². The summed E-state index contributed by atoms with van der Waals surface area (Å²) in [6.45, 7) is 24.6. The van der Waals surface area contributed by atoms with E-state index in [9.17, 15) is 0 Å². The Bertz CT molecular complexity index is 1520. The van der Waals surface area contributed by atoms with Gasteiger partial charge in [-0.25, -0.2) is 0 Å². The first-order valence-corrected chi connectivity index (χ1v) is 14.9. The second-order valence-corrected chi connectivity index (χ2v) is 12.3. The second kappa shape index (κ2) is 11.5. The Morgan fingerprint density at radius 3 is 2.42 bits per heavy atom. The van der Waals surface area contributed by atoms with E-state index in [1.165, 1.54) is 66.8 Å².